The van der Waals surface area contributed by atoms with Crippen molar-refractivity contribution < 1.29 is 4.74 Å². The van der Waals surface area contributed by atoms with Gasteiger partial charge < -0.3 is 10.5 Å². The lowest BCUT2D eigenvalue weighted by atomic mass is 10.1. The van der Waals surface area contributed by atoms with E-state index in [2.05, 4.69) is 18.7 Å². The van der Waals surface area contributed by atoms with E-state index in [4.69, 9.17) is 10.5 Å². The summed E-state index contributed by atoms with van der Waals surface area (Å²) in [6.45, 7) is 8.35. The number of ether oxygens (including phenoxy) is 1. The molecule has 0 atom stereocenters. The molecule has 0 unspecified atom stereocenters. The van der Waals surface area contributed by atoms with Gasteiger partial charge in [0.25, 0.3) is 0 Å². The van der Waals surface area contributed by atoms with Gasteiger partial charge in [-0.05, 0) is 63.0 Å². The molecule has 3 heteroatoms. The summed E-state index contributed by atoms with van der Waals surface area (Å²) < 4.78 is 5.89. The maximum atomic E-state index is 5.89. The van der Waals surface area contributed by atoms with Gasteiger partial charge in [-0.25, -0.2) is 0 Å². The highest BCUT2D eigenvalue weighted by Crippen LogP contribution is 2.25. The molecule has 0 saturated carbocycles. The van der Waals surface area contributed by atoms with Gasteiger partial charge in [0, 0.05) is 12.2 Å². The molecule has 0 radical (unpaired) electrons. The molecule has 0 bridgehead atoms. The molecule has 1 aliphatic heterocycles. The van der Waals surface area contributed by atoms with E-state index in [0.717, 1.165) is 35.7 Å². The van der Waals surface area contributed by atoms with Crippen LogP contribution in [-0.4, -0.2) is 31.1 Å². The van der Waals surface area contributed by atoms with Crippen LogP contribution >= 0.6 is 0 Å². The van der Waals surface area contributed by atoms with Gasteiger partial charge in [-0.15, -0.1) is 0 Å². The molecule has 1 fully saturated rings. The zero-order valence-corrected chi connectivity index (χ0v) is 10.8. The van der Waals surface area contributed by atoms with E-state index < -0.39 is 0 Å². The summed E-state index contributed by atoms with van der Waals surface area (Å²) in [4.78, 5) is 2.46. The fourth-order valence-corrected chi connectivity index (χ4v) is 2.49. The quantitative estimate of drug-likeness (QED) is 0.813. The molecular weight excluding hydrogens is 212 g/mol. The molecule has 2 N–H and O–H groups in total. The number of aryl methyl sites for hydroxylation is 2. The van der Waals surface area contributed by atoms with Crippen LogP contribution in [0.3, 0.4) is 0 Å². The number of nitrogens with two attached hydrogens (primary N) is 1. The highest BCUT2D eigenvalue weighted by molar-refractivity contribution is 5.52. The molecule has 0 amide bonds. The maximum Gasteiger partial charge on any atom is 0.125 e. The molecule has 1 heterocycles. The Kier molecular flexibility index (Phi) is 3.89. The first-order valence-corrected chi connectivity index (χ1v) is 6.38. The van der Waals surface area contributed by atoms with Gasteiger partial charge in [-0.3, -0.25) is 4.90 Å². The van der Waals surface area contributed by atoms with E-state index in [1.54, 1.807) is 0 Å². The van der Waals surface area contributed by atoms with Crippen molar-refractivity contribution in [2.45, 2.75) is 26.7 Å². The van der Waals surface area contributed by atoms with Crippen LogP contribution in [0.5, 0.6) is 5.75 Å². The largest absolute Gasteiger partial charge is 0.492 e. The zero-order valence-electron chi connectivity index (χ0n) is 10.8. The predicted octanol–water partition coefficient (Wildman–Crippen LogP) is 2.36. The fraction of sp³-hybridized carbons (Fsp3) is 0.571. The molecule has 1 aliphatic rings. The van der Waals surface area contributed by atoms with Gasteiger partial charge in [0.1, 0.15) is 12.4 Å². The predicted molar refractivity (Wildman–Crippen MR) is 71.5 cm³/mol. The van der Waals surface area contributed by atoms with Crippen molar-refractivity contribution in [3.8, 4) is 5.75 Å². The van der Waals surface area contributed by atoms with Crippen molar-refractivity contribution in [2.75, 3.05) is 32.0 Å². The van der Waals surface area contributed by atoms with Gasteiger partial charge in [0.2, 0.25) is 0 Å². The van der Waals surface area contributed by atoms with E-state index in [9.17, 15) is 0 Å². The second-order valence-electron chi connectivity index (χ2n) is 4.88. The van der Waals surface area contributed by atoms with Crippen molar-refractivity contribution in [1.82, 2.24) is 4.90 Å². The lowest BCUT2D eigenvalue weighted by Crippen LogP contribution is -2.25. The van der Waals surface area contributed by atoms with Crippen LogP contribution in [0, 0.1) is 13.8 Å². The number of nitrogens with zero attached hydrogens (tertiary/aromatic N) is 1. The highest BCUT2D eigenvalue weighted by atomic mass is 16.5. The summed E-state index contributed by atoms with van der Waals surface area (Å²) in [6.07, 6.45) is 2.67. The Morgan fingerprint density at radius 1 is 1.18 bits per heavy atom. The summed E-state index contributed by atoms with van der Waals surface area (Å²) >= 11 is 0. The Morgan fingerprint density at radius 3 is 2.35 bits per heavy atom. The number of likely N-dealkylation sites (tertiary alicyclic amines) is 1. The summed E-state index contributed by atoms with van der Waals surface area (Å²) in [5.41, 5.74) is 8.86. The third-order valence-corrected chi connectivity index (χ3v) is 3.34. The summed E-state index contributed by atoms with van der Waals surface area (Å²) in [5.74, 6) is 0.999. The van der Waals surface area contributed by atoms with Crippen molar-refractivity contribution >= 4 is 5.69 Å². The molecular formula is C14H22N2O. The van der Waals surface area contributed by atoms with Crippen LogP contribution in [0.25, 0.3) is 0 Å². The van der Waals surface area contributed by atoms with Crippen LogP contribution in [0.15, 0.2) is 12.1 Å². The Morgan fingerprint density at radius 2 is 1.76 bits per heavy atom. The van der Waals surface area contributed by atoms with Crippen molar-refractivity contribution in [2.24, 2.45) is 0 Å². The van der Waals surface area contributed by atoms with Gasteiger partial charge in [-0.1, -0.05) is 0 Å². The van der Waals surface area contributed by atoms with Crippen molar-refractivity contribution in [3.63, 3.8) is 0 Å². The second-order valence-corrected chi connectivity index (χ2v) is 4.88. The third kappa shape index (κ3) is 3.13. The molecule has 0 aliphatic carbocycles. The lowest BCUT2D eigenvalue weighted by Gasteiger charge is -2.17. The molecule has 1 aromatic carbocycles. The van der Waals surface area contributed by atoms with Crippen molar-refractivity contribution in [1.29, 1.82) is 0 Å². The summed E-state index contributed by atoms with van der Waals surface area (Å²) in [5, 5.41) is 0. The third-order valence-electron chi connectivity index (χ3n) is 3.34. The molecule has 3 nitrogen and oxygen atoms in total. The minimum absolute atomic E-state index is 0.769. The Bertz CT molecular complexity index is 361. The summed E-state index contributed by atoms with van der Waals surface area (Å²) in [6, 6.07) is 3.94. The average molecular weight is 234 g/mol. The van der Waals surface area contributed by atoms with Crippen molar-refractivity contribution in [3.05, 3.63) is 23.3 Å². The molecule has 0 aromatic heterocycles. The normalized spacial score (nSPS) is 16.4. The van der Waals surface area contributed by atoms with E-state index in [0.29, 0.717) is 0 Å². The first-order valence-electron chi connectivity index (χ1n) is 6.38. The van der Waals surface area contributed by atoms with E-state index in [1.165, 1.54) is 25.9 Å². The minimum Gasteiger partial charge on any atom is -0.492 e. The molecule has 1 saturated heterocycles. The van der Waals surface area contributed by atoms with Crippen LogP contribution in [0.2, 0.25) is 0 Å². The average Bonchev–Trinajstić information content (AvgIpc) is 2.74. The molecule has 2 rings (SSSR count). The first kappa shape index (κ1) is 12.2. The molecule has 1 aromatic rings. The smallest absolute Gasteiger partial charge is 0.125 e. The molecule has 0 spiro atoms. The van der Waals surface area contributed by atoms with E-state index >= 15 is 0 Å². The zero-order chi connectivity index (χ0) is 12.3. The van der Waals surface area contributed by atoms with Gasteiger partial charge in [0.05, 0.1) is 0 Å². The summed E-state index contributed by atoms with van der Waals surface area (Å²) in [7, 11) is 0. The second kappa shape index (κ2) is 5.41. The molecule has 94 valence electrons. The van der Waals surface area contributed by atoms with Gasteiger partial charge in [-0.2, -0.15) is 0 Å². The van der Waals surface area contributed by atoms with E-state index in [1.807, 2.05) is 12.1 Å². The number of nitrogen functional groups attached to an aromatic ring is 1. The topological polar surface area (TPSA) is 38.5 Å². The standard InChI is InChI=1S/C14H22N2O/c1-11-9-13(15)10-12(2)14(11)17-8-7-16-5-3-4-6-16/h9-10H,3-8,15H2,1-2H3. The van der Waals surface area contributed by atoms with Crippen LogP contribution < -0.4 is 10.5 Å². The monoisotopic (exact) mass is 234 g/mol. The molecule has 17 heavy (non-hydrogen) atoms. The lowest BCUT2D eigenvalue weighted by molar-refractivity contribution is 0.236. The highest BCUT2D eigenvalue weighted by Gasteiger charge is 2.11. The maximum absolute atomic E-state index is 5.89. The minimum atomic E-state index is 0.769. The fourth-order valence-electron chi connectivity index (χ4n) is 2.49. The number of hydrogen-bond acceptors (Lipinski definition) is 3. The number of rotatable bonds is 4. The first-order chi connectivity index (χ1) is 8.16. The Labute approximate surface area is 104 Å². The van der Waals surface area contributed by atoms with Crippen LogP contribution in [0.1, 0.15) is 24.0 Å². The van der Waals surface area contributed by atoms with Crippen LogP contribution in [-0.2, 0) is 0 Å². The Balaban J connectivity index is 1.89. The van der Waals surface area contributed by atoms with Gasteiger partial charge in [0.15, 0.2) is 0 Å². The van der Waals surface area contributed by atoms with E-state index in [-0.39, 0.29) is 0 Å². The van der Waals surface area contributed by atoms with Crippen LogP contribution in [0.4, 0.5) is 5.69 Å². The number of benzene rings is 1. The SMILES string of the molecule is Cc1cc(N)cc(C)c1OCCN1CCCC1. The number of anilines is 1. The Hall–Kier alpha value is -1.22. The van der Waals surface area contributed by atoms with Gasteiger partial charge >= 0.3 is 0 Å². The number of hydrogen-bond donors (Lipinski definition) is 1.